The summed E-state index contributed by atoms with van der Waals surface area (Å²) in [6.45, 7) is -0.517. The van der Waals surface area contributed by atoms with Crippen LogP contribution in [0, 0.1) is 0 Å². The molecule has 0 radical (unpaired) electrons. The first-order valence-electron chi connectivity index (χ1n) is 8.57. The molecule has 0 spiro atoms. The van der Waals surface area contributed by atoms with E-state index in [1.807, 2.05) is 30.3 Å². The van der Waals surface area contributed by atoms with Gasteiger partial charge in [0, 0.05) is 6.42 Å². The Hall–Kier alpha value is -3.55. The number of alkyl carbamates (subject to hydrolysis) is 1. The molecule has 0 aromatic heterocycles. The van der Waals surface area contributed by atoms with Crippen molar-refractivity contribution < 1.29 is 29.0 Å². The highest BCUT2D eigenvalue weighted by atomic mass is 16.5. The first kappa shape index (κ1) is 20.8. The lowest BCUT2D eigenvalue weighted by Crippen LogP contribution is -2.49. The van der Waals surface area contributed by atoms with Gasteiger partial charge in [-0.05, 0) is 23.3 Å². The van der Waals surface area contributed by atoms with E-state index in [1.165, 1.54) is 0 Å². The van der Waals surface area contributed by atoms with Crippen LogP contribution >= 0.6 is 0 Å². The van der Waals surface area contributed by atoms with Gasteiger partial charge in [-0.15, -0.1) is 0 Å². The summed E-state index contributed by atoms with van der Waals surface area (Å²) in [6.07, 6.45) is -0.577. The van der Waals surface area contributed by atoms with Gasteiger partial charge in [0.2, 0.25) is 5.91 Å². The van der Waals surface area contributed by atoms with E-state index in [0.717, 1.165) is 11.1 Å². The molecule has 8 heteroatoms. The highest BCUT2D eigenvalue weighted by Gasteiger charge is 2.22. The Labute approximate surface area is 162 Å². The van der Waals surface area contributed by atoms with Gasteiger partial charge in [0.25, 0.3) is 0 Å². The first-order chi connectivity index (χ1) is 13.5. The predicted octanol–water partition coefficient (Wildman–Crippen LogP) is 1.73. The van der Waals surface area contributed by atoms with E-state index in [4.69, 9.17) is 14.6 Å². The fourth-order valence-corrected chi connectivity index (χ4v) is 2.40. The summed E-state index contributed by atoms with van der Waals surface area (Å²) in [7, 11) is 1.56. The maximum atomic E-state index is 12.3. The van der Waals surface area contributed by atoms with E-state index in [-0.39, 0.29) is 13.0 Å². The fourth-order valence-electron chi connectivity index (χ4n) is 2.40. The minimum Gasteiger partial charge on any atom is -0.497 e. The number of aliphatic carboxylic acids is 1. The molecule has 2 amide bonds. The van der Waals surface area contributed by atoms with Crippen molar-refractivity contribution in [1.82, 2.24) is 10.6 Å². The molecule has 2 aromatic rings. The zero-order valence-electron chi connectivity index (χ0n) is 15.4. The van der Waals surface area contributed by atoms with Gasteiger partial charge >= 0.3 is 12.1 Å². The molecular weight excluding hydrogens is 364 g/mol. The molecule has 0 aliphatic heterocycles. The smallest absolute Gasteiger partial charge is 0.408 e. The standard InChI is InChI=1S/C20H22N2O6/c1-27-16-9-7-15(8-10-16)13-28-20(26)22-17(19(25)21-12-18(23)24)11-14-5-3-2-4-6-14/h2-10,17H,11-13H2,1H3,(H,21,25)(H,22,26)(H,23,24)/t17-/m0/s1. The summed E-state index contributed by atoms with van der Waals surface area (Å²) in [5.41, 5.74) is 1.57. The molecule has 0 saturated carbocycles. The number of rotatable bonds is 9. The maximum absolute atomic E-state index is 12.3. The van der Waals surface area contributed by atoms with Crippen LogP contribution in [0.3, 0.4) is 0 Å². The summed E-state index contributed by atoms with van der Waals surface area (Å²) >= 11 is 0. The first-order valence-corrected chi connectivity index (χ1v) is 8.57. The Kier molecular flexibility index (Phi) is 7.83. The number of benzene rings is 2. The Morgan fingerprint density at radius 1 is 1.00 bits per heavy atom. The molecule has 3 N–H and O–H groups in total. The van der Waals surface area contributed by atoms with E-state index in [2.05, 4.69) is 10.6 Å². The van der Waals surface area contributed by atoms with E-state index >= 15 is 0 Å². The summed E-state index contributed by atoms with van der Waals surface area (Å²) in [5, 5.41) is 13.5. The van der Waals surface area contributed by atoms with Crippen LogP contribution in [0.4, 0.5) is 4.79 Å². The van der Waals surface area contributed by atoms with Crippen molar-refractivity contribution in [3.63, 3.8) is 0 Å². The molecule has 0 aliphatic carbocycles. The lowest BCUT2D eigenvalue weighted by molar-refractivity contribution is -0.138. The van der Waals surface area contributed by atoms with Crippen LogP contribution in [0.25, 0.3) is 0 Å². The number of carboxylic acids is 1. The third-order valence-electron chi connectivity index (χ3n) is 3.83. The largest absolute Gasteiger partial charge is 0.497 e. The van der Waals surface area contributed by atoms with Gasteiger partial charge in [-0.25, -0.2) is 4.79 Å². The zero-order valence-corrected chi connectivity index (χ0v) is 15.4. The zero-order chi connectivity index (χ0) is 20.4. The summed E-state index contributed by atoms with van der Waals surface area (Å²) < 4.78 is 10.2. The number of hydrogen-bond acceptors (Lipinski definition) is 5. The number of ether oxygens (including phenoxy) is 2. The van der Waals surface area contributed by atoms with Crippen molar-refractivity contribution >= 4 is 18.0 Å². The second kappa shape index (κ2) is 10.6. The Morgan fingerprint density at radius 3 is 2.29 bits per heavy atom. The topological polar surface area (TPSA) is 114 Å². The van der Waals surface area contributed by atoms with Gasteiger partial charge in [-0.2, -0.15) is 0 Å². The van der Waals surface area contributed by atoms with Crippen molar-refractivity contribution in [2.75, 3.05) is 13.7 Å². The maximum Gasteiger partial charge on any atom is 0.408 e. The van der Waals surface area contributed by atoms with E-state index in [9.17, 15) is 14.4 Å². The predicted molar refractivity (Wildman–Crippen MR) is 101 cm³/mol. The molecule has 0 bridgehead atoms. The van der Waals surface area contributed by atoms with Crippen molar-refractivity contribution in [2.45, 2.75) is 19.1 Å². The SMILES string of the molecule is COc1ccc(COC(=O)N[C@@H](Cc2ccccc2)C(=O)NCC(=O)O)cc1. The number of carbonyl (C=O) groups is 3. The van der Waals surface area contributed by atoms with E-state index < -0.39 is 30.6 Å². The third kappa shape index (κ3) is 6.99. The number of carbonyl (C=O) groups excluding carboxylic acids is 2. The molecule has 0 heterocycles. The average Bonchev–Trinajstić information content (AvgIpc) is 2.71. The van der Waals surface area contributed by atoms with E-state index in [1.54, 1.807) is 31.4 Å². The summed E-state index contributed by atoms with van der Waals surface area (Å²) in [4.78, 5) is 35.1. The van der Waals surface area contributed by atoms with Gasteiger partial charge < -0.3 is 25.2 Å². The molecule has 1 atom stereocenters. The highest BCUT2D eigenvalue weighted by Crippen LogP contribution is 2.12. The van der Waals surface area contributed by atoms with Crippen LogP contribution in [0.5, 0.6) is 5.75 Å². The minimum atomic E-state index is -1.17. The van der Waals surface area contributed by atoms with Crippen molar-refractivity contribution in [2.24, 2.45) is 0 Å². The Morgan fingerprint density at radius 2 is 1.68 bits per heavy atom. The van der Waals surface area contributed by atoms with Crippen molar-refractivity contribution in [3.05, 3.63) is 65.7 Å². The normalized spacial score (nSPS) is 11.2. The van der Waals surface area contributed by atoms with Gasteiger partial charge in [0.1, 0.15) is 24.9 Å². The van der Waals surface area contributed by atoms with E-state index in [0.29, 0.717) is 5.75 Å². The second-order valence-corrected chi connectivity index (χ2v) is 5.92. The lowest BCUT2D eigenvalue weighted by atomic mass is 10.1. The van der Waals surface area contributed by atoms with Gasteiger partial charge in [0.05, 0.1) is 7.11 Å². The number of amides is 2. The van der Waals surface area contributed by atoms with Crippen LogP contribution in [0.1, 0.15) is 11.1 Å². The molecule has 0 aliphatic rings. The fraction of sp³-hybridized carbons (Fsp3) is 0.250. The van der Waals surface area contributed by atoms with Crippen LogP contribution in [-0.2, 0) is 27.4 Å². The molecule has 2 aromatic carbocycles. The monoisotopic (exact) mass is 386 g/mol. The molecule has 0 unspecified atom stereocenters. The van der Waals surface area contributed by atoms with Gasteiger partial charge in [-0.3, -0.25) is 9.59 Å². The molecule has 2 rings (SSSR count). The van der Waals surface area contributed by atoms with Crippen LogP contribution in [-0.4, -0.2) is 42.8 Å². The van der Waals surface area contributed by atoms with Crippen molar-refractivity contribution in [1.29, 1.82) is 0 Å². The quantitative estimate of drug-likeness (QED) is 0.605. The van der Waals surface area contributed by atoms with Crippen LogP contribution < -0.4 is 15.4 Å². The number of hydrogen-bond donors (Lipinski definition) is 3. The number of methoxy groups -OCH3 is 1. The molecular formula is C20H22N2O6. The molecule has 148 valence electrons. The molecule has 8 nitrogen and oxygen atoms in total. The Bertz CT molecular complexity index is 792. The summed E-state index contributed by atoms with van der Waals surface area (Å²) in [5.74, 6) is -1.09. The second-order valence-electron chi connectivity index (χ2n) is 5.92. The van der Waals surface area contributed by atoms with Crippen LogP contribution in [0.15, 0.2) is 54.6 Å². The summed E-state index contributed by atoms with van der Waals surface area (Å²) in [6, 6.07) is 15.1. The minimum absolute atomic E-state index is 0.0185. The molecule has 0 saturated heterocycles. The molecule has 0 fully saturated rings. The van der Waals surface area contributed by atoms with Gasteiger partial charge in [0.15, 0.2) is 0 Å². The lowest BCUT2D eigenvalue weighted by Gasteiger charge is -2.18. The number of nitrogens with one attached hydrogen (secondary N) is 2. The average molecular weight is 386 g/mol. The Balaban J connectivity index is 1.95. The number of carboxylic acid groups (broad SMARTS) is 1. The molecule has 28 heavy (non-hydrogen) atoms. The van der Waals surface area contributed by atoms with Gasteiger partial charge in [-0.1, -0.05) is 42.5 Å². The highest BCUT2D eigenvalue weighted by molar-refractivity contribution is 5.88. The van der Waals surface area contributed by atoms with Crippen molar-refractivity contribution in [3.8, 4) is 5.75 Å². The third-order valence-corrected chi connectivity index (χ3v) is 3.83. The van der Waals surface area contributed by atoms with Crippen LogP contribution in [0.2, 0.25) is 0 Å².